The summed E-state index contributed by atoms with van der Waals surface area (Å²) in [6.07, 6.45) is 3.99. The van der Waals surface area contributed by atoms with E-state index in [4.69, 9.17) is 5.11 Å². The standard InChI is InChI=1S/C10H9NO2/c12-10(13)8-4-3-7-2-1-5-11-9(7)6-8/h1-4,6,11H,5H2,(H,12,13). The quantitative estimate of drug-likeness (QED) is 0.684. The lowest BCUT2D eigenvalue weighted by Crippen LogP contribution is -2.06. The minimum Gasteiger partial charge on any atom is -0.478 e. The summed E-state index contributed by atoms with van der Waals surface area (Å²) in [4.78, 5) is 10.6. The Hall–Kier alpha value is -1.77. The van der Waals surface area contributed by atoms with Crippen molar-refractivity contribution in [1.29, 1.82) is 0 Å². The van der Waals surface area contributed by atoms with Crippen molar-refractivity contribution in [3.05, 3.63) is 35.4 Å². The Bertz CT molecular complexity index is 383. The van der Waals surface area contributed by atoms with Gasteiger partial charge in [0.25, 0.3) is 0 Å². The first-order valence-electron chi connectivity index (χ1n) is 4.05. The largest absolute Gasteiger partial charge is 0.478 e. The number of rotatable bonds is 1. The number of carbonyl (C=O) groups is 1. The molecule has 0 spiro atoms. The van der Waals surface area contributed by atoms with Crippen molar-refractivity contribution in [2.24, 2.45) is 0 Å². The highest BCUT2D eigenvalue weighted by Gasteiger charge is 2.07. The van der Waals surface area contributed by atoms with E-state index in [2.05, 4.69) is 5.32 Å². The molecule has 2 N–H and O–H groups in total. The second-order valence-electron chi connectivity index (χ2n) is 2.89. The molecular formula is C10H9NO2. The van der Waals surface area contributed by atoms with E-state index in [0.29, 0.717) is 5.56 Å². The van der Waals surface area contributed by atoms with Crippen LogP contribution in [0.3, 0.4) is 0 Å². The van der Waals surface area contributed by atoms with Gasteiger partial charge in [-0.3, -0.25) is 0 Å². The summed E-state index contributed by atoms with van der Waals surface area (Å²) >= 11 is 0. The number of hydrogen-bond donors (Lipinski definition) is 2. The van der Waals surface area contributed by atoms with Crippen LogP contribution in [0, 0.1) is 0 Å². The zero-order chi connectivity index (χ0) is 9.26. The van der Waals surface area contributed by atoms with Gasteiger partial charge in [-0.05, 0) is 17.7 Å². The molecule has 0 bridgehead atoms. The van der Waals surface area contributed by atoms with Gasteiger partial charge in [-0.2, -0.15) is 0 Å². The van der Waals surface area contributed by atoms with Gasteiger partial charge in [0.15, 0.2) is 0 Å². The van der Waals surface area contributed by atoms with Crippen molar-refractivity contribution >= 4 is 17.7 Å². The fourth-order valence-electron chi connectivity index (χ4n) is 1.34. The monoisotopic (exact) mass is 175 g/mol. The van der Waals surface area contributed by atoms with Gasteiger partial charge in [-0.15, -0.1) is 0 Å². The molecule has 0 amide bonds. The minimum absolute atomic E-state index is 0.321. The van der Waals surface area contributed by atoms with Crippen molar-refractivity contribution in [1.82, 2.24) is 0 Å². The van der Waals surface area contributed by atoms with Crippen LogP contribution < -0.4 is 5.32 Å². The van der Waals surface area contributed by atoms with Crippen LogP contribution >= 0.6 is 0 Å². The van der Waals surface area contributed by atoms with Crippen LogP contribution in [-0.4, -0.2) is 17.6 Å². The number of anilines is 1. The molecule has 0 aromatic heterocycles. The van der Waals surface area contributed by atoms with Crippen LogP contribution in [0.4, 0.5) is 5.69 Å². The predicted octanol–water partition coefficient (Wildman–Crippen LogP) is 1.82. The van der Waals surface area contributed by atoms with Gasteiger partial charge < -0.3 is 10.4 Å². The summed E-state index contributed by atoms with van der Waals surface area (Å²) in [5, 5.41) is 11.8. The van der Waals surface area contributed by atoms with E-state index in [1.165, 1.54) is 0 Å². The van der Waals surface area contributed by atoms with Crippen LogP contribution in [0.1, 0.15) is 15.9 Å². The van der Waals surface area contributed by atoms with E-state index in [1.807, 2.05) is 12.2 Å². The van der Waals surface area contributed by atoms with Crippen LogP contribution in [0.2, 0.25) is 0 Å². The van der Waals surface area contributed by atoms with Crippen LogP contribution in [0.15, 0.2) is 24.3 Å². The average Bonchev–Trinajstić information content (AvgIpc) is 2.17. The van der Waals surface area contributed by atoms with Crippen molar-refractivity contribution in [3.63, 3.8) is 0 Å². The summed E-state index contributed by atoms with van der Waals surface area (Å²) in [6, 6.07) is 5.07. The summed E-state index contributed by atoms with van der Waals surface area (Å²) in [7, 11) is 0. The van der Waals surface area contributed by atoms with E-state index < -0.39 is 5.97 Å². The first-order valence-corrected chi connectivity index (χ1v) is 4.05. The Kier molecular flexibility index (Phi) is 1.77. The number of aromatic carboxylic acids is 1. The highest BCUT2D eigenvalue weighted by Crippen LogP contribution is 2.21. The van der Waals surface area contributed by atoms with Gasteiger partial charge in [0.1, 0.15) is 0 Å². The number of benzene rings is 1. The molecule has 0 saturated heterocycles. The van der Waals surface area contributed by atoms with Gasteiger partial charge >= 0.3 is 5.97 Å². The van der Waals surface area contributed by atoms with Gasteiger partial charge in [0.05, 0.1) is 5.56 Å². The van der Waals surface area contributed by atoms with Gasteiger partial charge in [-0.1, -0.05) is 18.2 Å². The van der Waals surface area contributed by atoms with E-state index in [-0.39, 0.29) is 0 Å². The molecule has 0 fully saturated rings. The van der Waals surface area contributed by atoms with Crippen LogP contribution in [0.5, 0.6) is 0 Å². The second-order valence-corrected chi connectivity index (χ2v) is 2.89. The van der Waals surface area contributed by atoms with Crippen molar-refractivity contribution in [2.75, 3.05) is 11.9 Å². The highest BCUT2D eigenvalue weighted by atomic mass is 16.4. The Labute approximate surface area is 75.7 Å². The number of hydrogen-bond acceptors (Lipinski definition) is 2. The molecule has 1 aliphatic rings. The van der Waals surface area contributed by atoms with Gasteiger partial charge in [-0.25, -0.2) is 4.79 Å². The SMILES string of the molecule is O=C(O)c1ccc2c(c1)NCC=C2. The van der Waals surface area contributed by atoms with E-state index in [9.17, 15) is 4.79 Å². The lowest BCUT2D eigenvalue weighted by Gasteiger charge is -2.12. The highest BCUT2D eigenvalue weighted by molar-refractivity contribution is 5.90. The molecule has 0 radical (unpaired) electrons. The second kappa shape index (κ2) is 2.94. The molecule has 1 aromatic rings. The van der Waals surface area contributed by atoms with E-state index in [0.717, 1.165) is 17.8 Å². The normalized spacial score (nSPS) is 13.2. The Balaban J connectivity index is 2.48. The number of carboxylic acid groups (broad SMARTS) is 1. The summed E-state index contributed by atoms with van der Waals surface area (Å²) in [5.41, 5.74) is 2.25. The fraction of sp³-hybridized carbons (Fsp3) is 0.100. The maximum atomic E-state index is 10.6. The molecule has 66 valence electrons. The van der Waals surface area contributed by atoms with Crippen molar-refractivity contribution in [2.45, 2.75) is 0 Å². The Morgan fingerprint density at radius 2 is 2.31 bits per heavy atom. The smallest absolute Gasteiger partial charge is 0.335 e. The lowest BCUT2D eigenvalue weighted by molar-refractivity contribution is 0.0697. The predicted molar refractivity (Wildman–Crippen MR) is 50.9 cm³/mol. The maximum absolute atomic E-state index is 10.6. The van der Waals surface area contributed by atoms with Crippen LogP contribution in [-0.2, 0) is 0 Å². The van der Waals surface area contributed by atoms with Crippen molar-refractivity contribution in [3.8, 4) is 0 Å². The molecule has 0 unspecified atom stereocenters. The fourth-order valence-corrected chi connectivity index (χ4v) is 1.34. The number of fused-ring (bicyclic) bond motifs is 1. The van der Waals surface area contributed by atoms with Gasteiger partial charge in [0.2, 0.25) is 0 Å². The Morgan fingerprint density at radius 3 is 3.08 bits per heavy atom. The zero-order valence-corrected chi connectivity index (χ0v) is 6.95. The zero-order valence-electron chi connectivity index (χ0n) is 6.95. The van der Waals surface area contributed by atoms with E-state index in [1.54, 1.807) is 18.2 Å². The van der Waals surface area contributed by atoms with E-state index >= 15 is 0 Å². The first kappa shape index (κ1) is 7.86. The molecule has 3 heteroatoms. The van der Waals surface area contributed by atoms with Gasteiger partial charge in [0, 0.05) is 12.2 Å². The van der Waals surface area contributed by atoms with Crippen molar-refractivity contribution < 1.29 is 9.90 Å². The third-order valence-electron chi connectivity index (χ3n) is 2.01. The number of carboxylic acids is 1. The molecule has 2 rings (SSSR count). The molecule has 0 aliphatic carbocycles. The molecule has 13 heavy (non-hydrogen) atoms. The average molecular weight is 175 g/mol. The molecule has 0 atom stereocenters. The topological polar surface area (TPSA) is 49.3 Å². The summed E-state index contributed by atoms with van der Waals surface area (Å²) in [6.45, 7) is 0.760. The molecule has 1 aromatic carbocycles. The number of nitrogens with one attached hydrogen (secondary N) is 1. The molecular weight excluding hydrogens is 166 g/mol. The Morgan fingerprint density at radius 1 is 1.46 bits per heavy atom. The third kappa shape index (κ3) is 1.40. The molecule has 1 heterocycles. The molecule has 1 aliphatic heterocycles. The first-order chi connectivity index (χ1) is 6.27. The third-order valence-corrected chi connectivity index (χ3v) is 2.01. The minimum atomic E-state index is -0.890. The summed E-state index contributed by atoms with van der Waals surface area (Å²) < 4.78 is 0. The lowest BCUT2D eigenvalue weighted by atomic mass is 10.1. The van der Waals surface area contributed by atoms with Crippen LogP contribution in [0.25, 0.3) is 6.08 Å². The maximum Gasteiger partial charge on any atom is 0.335 e. The molecule has 0 saturated carbocycles. The molecule has 3 nitrogen and oxygen atoms in total. The summed E-state index contributed by atoms with van der Waals surface area (Å²) in [5.74, 6) is -0.890.